The van der Waals surface area contributed by atoms with Gasteiger partial charge in [0.05, 0.1) is 23.0 Å². The van der Waals surface area contributed by atoms with Crippen LogP contribution in [0.2, 0.25) is 0 Å². The zero-order valence-electron chi connectivity index (χ0n) is 18.6. The van der Waals surface area contributed by atoms with Crippen LogP contribution in [0.15, 0.2) is 24.7 Å². The van der Waals surface area contributed by atoms with Crippen molar-refractivity contribution < 1.29 is 23.1 Å². The van der Waals surface area contributed by atoms with Crippen molar-refractivity contribution in [2.75, 3.05) is 18.4 Å². The van der Waals surface area contributed by atoms with Crippen molar-refractivity contribution in [1.29, 1.82) is 5.26 Å². The molecule has 1 aliphatic rings. The van der Waals surface area contributed by atoms with Gasteiger partial charge in [0.1, 0.15) is 17.3 Å². The number of carbonyl (C=O) groups excluding carboxylic acids is 1. The number of alkyl halides is 3. The molecule has 1 fully saturated rings. The van der Waals surface area contributed by atoms with Gasteiger partial charge in [-0.15, -0.1) is 0 Å². The van der Waals surface area contributed by atoms with Crippen molar-refractivity contribution >= 4 is 22.9 Å². The Morgan fingerprint density at radius 3 is 2.65 bits per heavy atom. The first-order valence-electron chi connectivity index (χ1n) is 10.5. The first-order valence-corrected chi connectivity index (χ1v) is 10.5. The zero-order chi connectivity index (χ0) is 24.8. The second-order valence-electron chi connectivity index (χ2n) is 8.85. The van der Waals surface area contributed by atoms with Gasteiger partial charge in [-0.1, -0.05) is 0 Å². The summed E-state index contributed by atoms with van der Waals surface area (Å²) in [6.45, 7) is 5.68. The number of nitrogens with zero attached hydrogens (tertiary/aromatic N) is 5. The predicted molar refractivity (Wildman–Crippen MR) is 116 cm³/mol. The molecule has 12 heteroatoms. The molecule has 178 valence electrons. The quantitative estimate of drug-likeness (QED) is 0.519. The Morgan fingerprint density at radius 1 is 1.32 bits per heavy atom. The molecule has 1 aliphatic heterocycles. The van der Waals surface area contributed by atoms with Crippen molar-refractivity contribution in [2.24, 2.45) is 5.92 Å². The van der Waals surface area contributed by atoms with E-state index in [0.29, 0.717) is 18.7 Å². The molecule has 9 nitrogen and oxygen atoms in total. The van der Waals surface area contributed by atoms with Gasteiger partial charge in [0, 0.05) is 48.4 Å². The second kappa shape index (κ2) is 8.25. The SMILES string of the molecule is CC(Nc1ncc(C#N)c(-c2c[nH]c3ncc(C(F)(F)F)cc23)n1)C1CN(C(=O)C(C)(C)O)C1. The van der Waals surface area contributed by atoms with Gasteiger partial charge in [0.15, 0.2) is 0 Å². The Labute approximate surface area is 192 Å². The number of aromatic amines is 1. The van der Waals surface area contributed by atoms with E-state index in [0.717, 1.165) is 12.3 Å². The largest absolute Gasteiger partial charge is 0.417 e. The molecule has 1 amide bonds. The molecule has 4 rings (SSSR count). The van der Waals surface area contributed by atoms with Gasteiger partial charge in [-0.25, -0.2) is 15.0 Å². The molecule has 0 aliphatic carbocycles. The van der Waals surface area contributed by atoms with Crippen molar-refractivity contribution in [3.05, 3.63) is 35.8 Å². The summed E-state index contributed by atoms with van der Waals surface area (Å²) in [6, 6.07) is 2.80. The highest BCUT2D eigenvalue weighted by Gasteiger charge is 2.39. The van der Waals surface area contributed by atoms with E-state index in [4.69, 9.17) is 0 Å². The summed E-state index contributed by atoms with van der Waals surface area (Å²) in [6.07, 6.45) is -1.06. The third-order valence-corrected chi connectivity index (χ3v) is 5.81. The van der Waals surface area contributed by atoms with E-state index in [1.807, 2.05) is 13.0 Å². The van der Waals surface area contributed by atoms with E-state index in [2.05, 4.69) is 25.3 Å². The molecule has 1 unspecified atom stereocenters. The number of anilines is 1. The van der Waals surface area contributed by atoms with Crippen LogP contribution in [0.25, 0.3) is 22.3 Å². The fourth-order valence-corrected chi connectivity index (χ4v) is 3.80. The molecular weight excluding hydrogens is 451 g/mol. The summed E-state index contributed by atoms with van der Waals surface area (Å²) in [5.41, 5.74) is -1.54. The first-order chi connectivity index (χ1) is 15.9. The number of rotatable bonds is 5. The molecule has 3 aromatic heterocycles. The minimum Gasteiger partial charge on any atom is -0.381 e. The second-order valence-corrected chi connectivity index (χ2v) is 8.85. The number of halogens is 3. The molecule has 0 aromatic carbocycles. The maximum atomic E-state index is 13.2. The normalized spacial score (nSPS) is 15.6. The van der Waals surface area contributed by atoms with Gasteiger partial charge in [-0.2, -0.15) is 18.4 Å². The van der Waals surface area contributed by atoms with Gasteiger partial charge in [-0.05, 0) is 26.8 Å². The topological polar surface area (TPSA) is 131 Å². The number of hydrogen-bond donors (Lipinski definition) is 3. The standard InChI is InChI=1S/C22H22F3N7O2/c1-11(13-9-32(10-13)19(33)21(2,3)34)30-20-29-6-12(5-26)17(31-20)16-8-28-18-15(16)4-14(7-27-18)22(23,24)25/h4,6-8,11,13,34H,9-10H2,1-3H3,(H,27,28)(H,29,30,31). The number of nitriles is 1. The van der Waals surface area contributed by atoms with Crippen molar-refractivity contribution in [3.63, 3.8) is 0 Å². The Balaban J connectivity index is 1.58. The van der Waals surface area contributed by atoms with Gasteiger partial charge < -0.3 is 20.3 Å². The first kappa shape index (κ1) is 23.4. The third-order valence-electron chi connectivity index (χ3n) is 5.81. The summed E-state index contributed by atoms with van der Waals surface area (Å²) in [4.78, 5) is 28.9. The smallest absolute Gasteiger partial charge is 0.381 e. The summed E-state index contributed by atoms with van der Waals surface area (Å²) in [7, 11) is 0. The van der Waals surface area contributed by atoms with E-state index < -0.39 is 17.3 Å². The number of amides is 1. The lowest BCUT2D eigenvalue weighted by atomic mass is 9.91. The molecular formula is C22H22F3N7O2. The van der Waals surface area contributed by atoms with Crippen molar-refractivity contribution in [1.82, 2.24) is 24.8 Å². The Bertz CT molecular complexity index is 1280. The zero-order valence-corrected chi connectivity index (χ0v) is 18.6. The highest BCUT2D eigenvalue weighted by atomic mass is 19.4. The molecule has 34 heavy (non-hydrogen) atoms. The summed E-state index contributed by atoms with van der Waals surface area (Å²) >= 11 is 0. The molecule has 4 heterocycles. The molecule has 0 spiro atoms. The lowest BCUT2D eigenvalue weighted by Gasteiger charge is -2.44. The Hall–Kier alpha value is -3.72. The van der Waals surface area contributed by atoms with Gasteiger partial charge in [0.25, 0.3) is 5.91 Å². The Kier molecular flexibility index (Phi) is 5.69. The minimum atomic E-state index is -4.56. The van der Waals surface area contributed by atoms with Gasteiger partial charge in [-0.3, -0.25) is 4.79 Å². The lowest BCUT2D eigenvalue weighted by molar-refractivity contribution is -0.154. The van der Waals surface area contributed by atoms with Gasteiger partial charge in [0.2, 0.25) is 5.95 Å². The Morgan fingerprint density at radius 2 is 2.03 bits per heavy atom. The van der Waals surface area contributed by atoms with Crippen LogP contribution in [0.3, 0.4) is 0 Å². The number of nitrogens with one attached hydrogen (secondary N) is 2. The molecule has 0 radical (unpaired) electrons. The van der Waals surface area contributed by atoms with Crippen LogP contribution in [-0.4, -0.2) is 60.6 Å². The van der Waals surface area contributed by atoms with Crippen LogP contribution in [-0.2, 0) is 11.0 Å². The fourth-order valence-electron chi connectivity index (χ4n) is 3.80. The predicted octanol–water partition coefficient (Wildman–Crippen LogP) is 2.94. The highest BCUT2D eigenvalue weighted by Crippen LogP contribution is 2.35. The summed E-state index contributed by atoms with van der Waals surface area (Å²) < 4.78 is 39.6. The number of aliphatic hydroxyl groups is 1. The monoisotopic (exact) mass is 473 g/mol. The van der Waals surface area contributed by atoms with Crippen molar-refractivity contribution in [3.8, 4) is 17.3 Å². The van der Waals surface area contributed by atoms with Crippen LogP contribution in [0.4, 0.5) is 19.1 Å². The van der Waals surface area contributed by atoms with E-state index >= 15 is 0 Å². The van der Waals surface area contributed by atoms with E-state index in [1.54, 1.807) is 4.90 Å². The van der Waals surface area contributed by atoms with Crippen molar-refractivity contribution in [2.45, 2.75) is 38.6 Å². The maximum Gasteiger partial charge on any atom is 0.417 e. The lowest BCUT2D eigenvalue weighted by Crippen LogP contribution is -2.59. The van der Waals surface area contributed by atoms with Crippen LogP contribution in [0.1, 0.15) is 31.9 Å². The number of likely N-dealkylation sites (tertiary alicyclic amines) is 1. The average molecular weight is 473 g/mol. The number of carbonyl (C=O) groups is 1. The molecule has 3 N–H and O–H groups in total. The van der Waals surface area contributed by atoms with E-state index in [1.165, 1.54) is 26.2 Å². The van der Waals surface area contributed by atoms with Crippen LogP contribution in [0.5, 0.6) is 0 Å². The number of pyridine rings is 1. The summed E-state index contributed by atoms with van der Waals surface area (Å²) in [5, 5.41) is 22.7. The number of hydrogen-bond acceptors (Lipinski definition) is 7. The van der Waals surface area contributed by atoms with Crippen LogP contribution in [0, 0.1) is 17.2 Å². The molecule has 1 atom stereocenters. The van der Waals surface area contributed by atoms with Crippen LogP contribution >= 0.6 is 0 Å². The molecule has 1 saturated heterocycles. The highest BCUT2D eigenvalue weighted by molar-refractivity contribution is 5.94. The molecule has 0 bridgehead atoms. The number of aromatic nitrogens is 4. The van der Waals surface area contributed by atoms with Gasteiger partial charge >= 0.3 is 6.18 Å². The maximum absolute atomic E-state index is 13.2. The van der Waals surface area contributed by atoms with E-state index in [-0.39, 0.29) is 46.1 Å². The van der Waals surface area contributed by atoms with Crippen LogP contribution < -0.4 is 5.32 Å². The fraction of sp³-hybridized carbons (Fsp3) is 0.409. The molecule has 0 saturated carbocycles. The summed E-state index contributed by atoms with van der Waals surface area (Å²) in [5.74, 6) is -0.0669. The number of H-pyrrole nitrogens is 1. The molecule has 3 aromatic rings. The minimum absolute atomic E-state index is 0.0839. The van der Waals surface area contributed by atoms with E-state index in [9.17, 15) is 28.3 Å². The third kappa shape index (κ3) is 4.38. The average Bonchev–Trinajstić information content (AvgIpc) is 3.14. The number of fused-ring (bicyclic) bond motifs is 1.